The van der Waals surface area contributed by atoms with Crippen LogP contribution in [0.1, 0.15) is 38.2 Å². The van der Waals surface area contributed by atoms with Gasteiger partial charge in [-0.15, -0.1) is 0 Å². The molecule has 0 spiro atoms. The van der Waals surface area contributed by atoms with E-state index in [0.29, 0.717) is 5.41 Å². The van der Waals surface area contributed by atoms with Crippen LogP contribution in [0.5, 0.6) is 5.75 Å². The number of hydrogen-bond acceptors (Lipinski definition) is 2. The molecule has 2 nitrogen and oxygen atoms in total. The molecule has 0 bridgehead atoms. The minimum Gasteiger partial charge on any atom is -0.491 e. The first-order valence-electron chi connectivity index (χ1n) is 6.75. The van der Waals surface area contributed by atoms with Crippen molar-refractivity contribution in [1.82, 2.24) is 0 Å². The van der Waals surface area contributed by atoms with Crippen molar-refractivity contribution in [2.75, 3.05) is 18.5 Å². The van der Waals surface area contributed by atoms with Crippen molar-refractivity contribution in [2.24, 2.45) is 5.41 Å². The van der Waals surface area contributed by atoms with Gasteiger partial charge in [-0.05, 0) is 30.9 Å². The number of para-hydroxylation sites is 1. The molecule has 1 aromatic rings. The molecule has 1 heterocycles. The molecule has 1 fully saturated rings. The van der Waals surface area contributed by atoms with Gasteiger partial charge in [0, 0.05) is 12.0 Å². The van der Waals surface area contributed by atoms with Crippen LogP contribution in [-0.4, -0.2) is 13.2 Å². The average molecular weight is 231 g/mol. The zero-order valence-corrected chi connectivity index (χ0v) is 10.6. The molecule has 0 unspecified atom stereocenters. The lowest BCUT2D eigenvalue weighted by molar-refractivity contribution is 0.169. The van der Waals surface area contributed by atoms with Gasteiger partial charge in [0.2, 0.25) is 0 Å². The maximum absolute atomic E-state index is 6.07. The Bertz CT molecular complexity index is 407. The van der Waals surface area contributed by atoms with Crippen molar-refractivity contribution < 1.29 is 4.74 Å². The lowest BCUT2D eigenvalue weighted by Crippen LogP contribution is -2.21. The summed E-state index contributed by atoms with van der Waals surface area (Å²) >= 11 is 0. The topological polar surface area (TPSA) is 21.3 Å². The van der Waals surface area contributed by atoms with E-state index in [1.165, 1.54) is 36.9 Å². The Morgan fingerprint density at radius 2 is 2.12 bits per heavy atom. The number of hydrogen-bond donors (Lipinski definition) is 1. The second-order valence-corrected chi connectivity index (χ2v) is 5.77. The lowest BCUT2D eigenvalue weighted by atomic mass is 9.90. The van der Waals surface area contributed by atoms with E-state index in [1.807, 2.05) is 0 Å². The Morgan fingerprint density at radius 1 is 1.29 bits per heavy atom. The van der Waals surface area contributed by atoms with Gasteiger partial charge in [0.1, 0.15) is 5.75 Å². The predicted molar refractivity (Wildman–Crippen MR) is 70.7 cm³/mol. The highest BCUT2D eigenvalue weighted by Crippen LogP contribution is 2.39. The molecule has 17 heavy (non-hydrogen) atoms. The molecule has 0 amide bonds. The Labute approximate surface area is 103 Å². The molecular formula is C15H21NO. The fourth-order valence-electron chi connectivity index (χ4n) is 3.05. The minimum absolute atomic E-state index is 0.404. The largest absolute Gasteiger partial charge is 0.491 e. The van der Waals surface area contributed by atoms with Gasteiger partial charge < -0.3 is 10.1 Å². The summed E-state index contributed by atoms with van der Waals surface area (Å²) in [5.74, 6) is 1.05. The number of rotatable bonds is 3. The smallest absolute Gasteiger partial charge is 0.142 e. The van der Waals surface area contributed by atoms with Gasteiger partial charge in [0.05, 0.1) is 12.3 Å². The quantitative estimate of drug-likeness (QED) is 0.858. The maximum atomic E-state index is 6.07. The summed E-state index contributed by atoms with van der Waals surface area (Å²) in [5.41, 5.74) is 3.04. The second-order valence-electron chi connectivity index (χ2n) is 5.77. The summed E-state index contributed by atoms with van der Waals surface area (Å²) in [7, 11) is 0. The van der Waals surface area contributed by atoms with Gasteiger partial charge in [-0.1, -0.05) is 31.9 Å². The van der Waals surface area contributed by atoms with E-state index < -0.39 is 0 Å². The van der Waals surface area contributed by atoms with Crippen molar-refractivity contribution in [3.05, 3.63) is 23.8 Å². The SMILES string of the molecule is CC1(COc2cccc3c2NCC3)CCCC1. The first-order chi connectivity index (χ1) is 8.27. The van der Waals surface area contributed by atoms with E-state index in [4.69, 9.17) is 4.74 Å². The summed E-state index contributed by atoms with van der Waals surface area (Å²) in [6.45, 7) is 4.27. The minimum atomic E-state index is 0.404. The van der Waals surface area contributed by atoms with Crippen molar-refractivity contribution in [1.29, 1.82) is 0 Å². The van der Waals surface area contributed by atoms with Crippen LogP contribution in [0.15, 0.2) is 18.2 Å². The van der Waals surface area contributed by atoms with Gasteiger partial charge in [-0.25, -0.2) is 0 Å². The fraction of sp³-hybridized carbons (Fsp3) is 0.600. The first kappa shape index (κ1) is 10.9. The van der Waals surface area contributed by atoms with Crippen LogP contribution in [0.2, 0.25) is 0 Å². The third-order valence-corrected chi connectivity index (χ3v) is 4.20. The molecule has 0 radical (unpaired) electrons. The van der Waals surface area contributed by atoms with E-state index in [2.05, 4.69) is 30.4 Å². The van der Waals surface area contributed by atoms with Crippen LogP contribution in [0.4, 0.5) is 5.69 Å². The van der Waals surface area contributed by atoms with Crippen LogP contribution in [0, 0.1) is 5.41 Å². The summed E-state index contributed by atoms with van der Waals surface area (Å²) < 4.78 is 6.07. The lowest BCUT2D eigenvalue weighted by Gasteiger charge is -2.24. The molecule has 1 N–H and O–H groups in total. The molecule has 2 heteroatoms. The molecular weight excluding hydrogens is 210 g/mol. The molecule has 1 aromatic carbocycles. The van der Waals surface area contributed by atoms with E-state index in [-0.39, 0.29) is 0 Å². The van der Waals surface area contributed by atoms with Gasteiger partial charge in [-0.3, -0.25) is 0 Å². The van der Waals surface area contributed by atoms with Gasteiger partial charge in [0.15, 0.2) is 0 Å². The molecule has 1 aliphatic carbocycles. The molecule has 3 rings (SSSR count). The second kappa shape index (κ2) is 4.25. The third-order valence-electron chi connectivity index (χ3n) is 4.20. The number of benzene rings is 1. The number of nitrogens with one attached hydrogen (secondary N) is 1. The van der Waals surface area contributed by atoms with E-state index in [0.717, 1.165) is 25.3 Å². The van der Waals surface area contributed by atoms with Crippen molar-refractivity contribution >= 4 is 5.69 Å². The average Bonchev–Trinajstić information content (AvgIpc) is 2.95. The molecule has 0 saturated heterocycles. The van der Waals surface area contributed by atoms with Crippen molar-refractivity contribution in [3.63, 3.8) is 0 Å². The van der Waals surface area contributed by atoms with Gasteiger partial charge >= 0.3 is 0 Å². The summed E-state index contributed by atoms with van der Waals surface area (Å²) in [4.78, 5) is 0. The first-order valence-corrected chi connectivity index (χ1v) is 6.75. The Kier molecular flexibility index (Phi) is 2.73. The highest BCUT2D eigenvalue weighted by Gasteiger charge is 2.29. The Morgan fingerprint density at radius 3 is 2.94 bits per heavy atom. The molecule has 1 saturated carbocycles. The highest BCUT2D eigenvalue weighted by molar-refractivity contribution is 5.65. The summed E-state index contributed by atoms with van der Waals surface area (Å²) in [5, 5.41) is 3.43. The number of ether oxygens (including phenoxy) is 1. The molecule has 1 aliphatic heterocycles. The van der Waals surface area contributed by atoms with Crippen molar-refractivity contribution in [2.45, 2.75) is 39.0 Å². The number of anilines is 1. The Hall–Kier alpha value is -1.18. The van der Waals surface area contributed by atoms with Crippen LogP contribution in [0.3, 0.4) is 0 Å². The summed E-state index contributed by atoms with van der Waals surface area (Å²) in [6, 6.07) is 6.40. The Balaban J connectivity index is 1.71. The molecule has 0 atom stereocenters. The maximum Gasteiger partial charge on any atom is 0.142 e. The highest BCUT2D eigenvalue weighted by atomic mass is 16.5. The normalized spacial score (nSPS) is 21.0. The van der Waals surface area contributed by atoms with Crippen LogP contribution in [-0.2, 0) is 6.42 Å². The van der Waals surface area contributed by atoms with Crippen molar-refractivity contribution in [3.8, 4) is 5.75 Å². The number of fused-ring (bicyclic) bond motifs is 1. The standard InChI is InChI=1S/C15H21NO/c1-15(8-2-3-9-15)11-17-13-6-4-5-12-7-10-16-14(12)13/h4-6,16H,2-3,7-11H2,1H3. The third kappa shape index (κ3) is 2.13. The van der Waals surface area contributed by atoms with E-state index in [1.54, 1.807) is 0 Å². The zero-order valence-electron chi connectivity index (χ0n) is 10.6. The van der Waals surface area contributed by atoms with Crippen LogP contribution in [0.25, 0.3) is 0 Å². The van der Waals surface area contributed by atoms with Crippen LogP contribution >= 0.6 is 0 Å². The predicted octanol–water partition coefficient (Wildman–Crippen LogP) is 3.61. The molecule has 92 valence electrons. The zero-order chi connectivity index (χ0) is 11.7. The molecule has 2 aliphatic rings. The fourth-order valence-corrected chi connectivity index (χ4v) is 3.05. The van der Waals surface area contributed by atoms with Gasteiger partial charge in [0.25, 0.3) is 0 Å². The monoisotopic (exact) mass is 231 g/mol. The van der Waals surface area contributed by atoms with E-state index >= 15 is 0 Å². The molecule has 0 aromatic heterocycles. The van der Waals surface area contributed by atoms with Gasteiger partial charge in [-0.2, -0.15) is 0 Å². The van der Waals surface area contributed by atoms with E-state index in [9.17, 15) is 0 Å². The summed E-state index contributed by atoms with van der Waals surface area (Å²) in [6.07, 6.45) is 6.49. The van der Waals surface area contributed by atoms with Crippen LogP contribution < -0.4 is 10.1 Å².